The van der Waals surface area contributed by atoms with Gasteiger partial charge in [-0.3, -0.25) is 4.79 Å². The van der Waals surface area contributed by atoms with Crippen molar-refractivity contribution in [3.05, 3.63) is 76.8 Å². The number of ether oxygens (including phenoxy) is 1. The van der Waals surface area contributed by atoms with Crippen molar-refractivity contribution in [2.75, 3.05) is 14.2 Å². The number of Topliss-reactive ketones (excluding diaryl/α,β-unsaturated/α-hetero) is 1. The van der Waals surface area contributed by atoms with Crippen LogP contribution in [0.3, 0.4) is 0 Å². The molecule has 34 heavy (non-hydrogen) atoms. The summed E-state index contributed by atoms with van der Waals surface area (Å²) in [6.07, 6.45) is 2.69. The van der Waals surface area contributed by atoms with Crippen molar-refractivity contribution < 1.29 is 9.53 Å². The molecule has 0 atom stereocenters. The molecule has 0 saturated heterocycles. The highest BCUT2D eigenvalue weighted by molar-refractivity contribution is 6.30. The molecular weight excluding hydrogens is 448 g/mol. The number of fused-ring (bicyclic) bond motifs is 1. The predicted octanol–water partition coefficient (Wildman–Crippen LogP) is 6.94. The van der Waals surface area contributed by atoms with E-state index in [1.165, 1.54) is 0 Å². The molecule has 0 radical (unpaired) electrons. The van der Waals surface area contributed by atoms with E-state index in [2.05, 4.69) is 33.2 Å². The Balaban J connectivity index is 0.000000290. The van der Waals surface area contributed by atoms with Gasteiger partial charge in [-0.1, -0.05) is 38.4 Å². The average Bonchev–Trinajstić information content (AvgIpc) is 3.43. The summed E-state index contributed by atoms with van der Waals surface area (Å²) < 4.78 is 8.30. The Morgan fingerprint density at radius 2 is 1.74 bits per heavy atom. The standard InChI is InChI=1S/C13H16N2O.C10H9ClN2.C2H6O.C2H6/c1-4-13-14-11-8-10(9(3)16)6-7-12(11)15(13)5-2;1-8-5-6-12-13(8)10-4-2-3-9(11)7-10;1-3-2;1-2/h6-8H,4-5H2,1-3H3;2-7H,1H3;1-2H3;1-2H3. The van der Waals surface area contributed by atoms with Crippen LogP contribution in [0.4, 0.5) is 0 Å². The molecule has 0 aliphatic rings. The van der Waals surface area contributed by atoms with Crippen molar-refractivity contribution in [2.45, 2.75) is 54.5 Å². The van der Waals surface area contributed by atoms with E-state index in [1.807, 2.05) is 74.0 Å². The third-order valence-electron chi connectivity index (χ3n) is 4.75. The number of imidazole rings is 1. The number of methoxy groups -OCH3 is 1. The quantitative estimate of drug-likeness (QED) is 0.294. The topological polar surface area (TPSA) is 61.9 Å². The van der Waals surface area contributed by atoms with E-state index in [9.17, 15) is 4.79 Å². The Morgan fingerprint density at radius 1 is 1.06 bits per heavy atom. The zero-order valence-electron chi connectivity index (χ0n) is 21.6. The van der Waals surface area contributed by atoms with Crippen LogP contribution in [-0.4, -0.2) is 39.3 Å². The van der Waals surface area contributed by atoms with Crippen molar-refractivity contribution in [3.8, 4) is 5.69 Å². The number of nitrogens with zero attached hydrogens (tertiary/aromatic N) is 4. The average molecular weight is 485 g/mol. The molecule has 0 amide bonds. The van der Waals surface area contributed by atoms with E-state index in [1.54, 1.807) is 27.3 Å². The van der Waals surface area contributed by atoms with Crippen LogP contribution in [0.1, 0.15) is 56.5 Å². The third kappa shape index (κ3) is 7.82. The fourth-order valence-corrected chi connectivity index (χ4v) is 3.45. The summed E-state index contributed by atoms with van der Waals surface area (Å²) in [6, 6.07) is 15.3. The first-order valence-electron chi connectivity index (χ1n) is 11.5. The number of benzene rings is 2. The van der Waals surface area contributed by atoms with Crippen LogP contribution in [0.15, 0.2) is 54.7 Å². The number of ketones is 1. The second-order valence-corrected chi connectivity index (χ2v) is 7.59. The van der Waals surface area contributed by atoms with E-state index in [0.29, 0.717) is 0 Å². The minimum absolute atomic E-state index is 0.0889. The Bertz CT molecular complexity index is 1160. The van der Waals surface area contributed by atoms with Crippen LogP contribution in [0, 0.1) is 6.92 Å². The number of halogens is 1. The van der Waals surface area contributed by atoms with Crippen LogP contribution in [0.25, 0.3) is 16.7 Å². The normalized spacial score (nSPS) is 9.79. The molecule has 6 nitrogen and oxygen atoms in total. The van der Waals surface area contributed by atoms with Crippen molar-refractivity contribution in [1.82, 2.24) is 19.3 Å². The maximum Gasteiger partial charge on any atom is 0.159 e. The van der Waals surface area contributed by atoms with Gasteiger partial charge in [0.25, 0.3) is 0 Å². The molecule has 0 unspecified atom stereocenters. The minimum Gasteiger partial charge on any atom is -0.388 e. The summed E-state index contributed by atoms with van der Waals surface area (Å²) in [5, 5.41) is 4.91. The smallest absolute Gasteiger partial charge is 0.159 e. The molecule has 184 valence electrons. The highest BCUT2D eigenvalue weighted by atomic mass is 35.5. The SMILES string of the molecule is CC.CCc1nc2cc(C(C)=O)ccc2n1CC.COC.Cc1ccnn1-c1cccc(Cl)c1. The van der Waals surface area contributed by atoms with E-state index < -0.39 is 0 Å². The second-order valence-electron chi connectivity index (χ2n) is 7.16. The molecular formula is C27H37ClN4O2. The van der Waals surface area contributed by atoms with Gasteiger partial charge in [0.05, 0.1) is 16.7 Å². The molecule has 0 bridgehead atoms. The lowest BCUT2D eigenvalue weighted by atomic mass is 10.1. The molecule has 0 fully saturated rings. The summed E-state index contributed by atoms with van der Waals surface area (Å²) >= 11 is 5.87. The first-order valence-corrected chi connectivity index (χ1v) is 11.9. The van der Waals surface area contributed by atoms with Gasteiger partial charge in [-0.05, 0) is 63.2 Å². The number of aromatic nitrogens is 4. The molecule has 2 heterocycles. The molecule has 0 aliphatic carbocycles. The summed E-state index contributed by atoms with van der Waals surface area (Å²) in [7, 11) is 3.25. The van der Waals surface area contributed by atoms with Crippen molar-refractivity contribution >= 4 is 28.4 Å². The van der Waals surface area contributed by atoms with Gasteiger partial charge in [0.2, 0.25) is 0 Å². The molecule has 7 heteroatoms. The number of hydrogen-bond donors (Lipinski definition) is 0. The summed E-state index contributed by atoms with van der Waals surface area (Å²) in [4.78, 5) is 15.8. The molecule has 2 aromatic heterocycles. The largest absolute Gasteiger partial charge is 0.388 e. The summed E-state index contributed by atoms with van der Waals surface area (Å²) in [5.74, 6) is 1.17. The van der Waals surface area contributed by atoms with Gasteiger partial charge in [-0.25, -0.2) is 9.67 Å². The summed E-state index contributed by atoms with van der Waals surface area (Å²) in [6.45, 7) is 12.7. The van der Waals surface area contributed by atoms with Crippen LogP contribution in [-0.2, 0) is 17.7 Å². The fourth-order valence-electron chi connectivity index (χ4n) is 3.27. The highest BCUT2D eigenvalue weighted by Crippen LogP contribution is 2.19. The van der Waals surface area contributed by atoms with Crippen LogP contribution in [0.2, 0.25) is 5.02 Å². The summed E-state index contributed by atoms with van der Waals surface area (Å²) in [5.41, 5.74) is 4.86. The molecule has 0 aliphatic heterocycles. The van der Waals surface area contributed by atoms with Gasteiger partial charge in [0.15, 0.2) is 5.78 Å². The van der Waals surface area contributed by atoms with Gasteiger partial charge in [-0.15, -0.1) is 0 Å². The zero-order chi connectivity index (χ0) is 25.7. The van der Waals surface area contributed by atoms with E-state index in [4.69, 9.17) is 11.6 Å². The number of aryl methyl sites for hydroxylation is 3. The lowest BCUT2D eigenvalue weighted by Crippen LogP contribution is -1.99. The zero-order valence-corrected chi connectivity index (χ0v) is 22.3. The number of carbonyl (C=O) groups excluding carboxylic acids is 1. The monoisotopic (exact) mass is 484 g/mol. The molecule has 4 rings (SSSR count). The molecule has 0 saturated carbocycles. The van der Waals surface area contributed by atoms with Gasteiger partial charge in [-0.2, -0.15) is 5.10 Å². The van der Waals surface area contributed by atoms with Gasteiger partial charge in [0, 0.05) is 49.7 Å². The molecule has 2 aromatic carbocycles. The van der Waals surface area contributed by atoms with Crippen molar-refractivity contribution in [2.24, 2.45) is 0 Å². The van der Waals surface area contributed by atoms with Gasteiger partial charge >= 0.3 is 0 Å². The Hall–Kier alpha value is -2.96. The predicted molar refractivity (Wildman–Crippen MR) is 142 cm³/mol. The van der Waals surface area contributed by atoms with Crippen molar-refractivity contribution in [1.29, 1.82) is 0 Å². The van der Waals surface area contributed by atoms with Crippen molar-refractivity contribution in [3.63, 3.8) is 0 Å². The Morgan fingerprint density at radius 3 is 2.24 bits per heavy atom. The lowest BCUT2D eigenvalue weighted by molar-refractivity contribution is 0.101. The van der Waals surface area contributed by atoms with E-state index in [0.717, 1.165) is 51.8 Å². The number of carbonyl (C=O) groups is 1. The first kappa shape index (κ1) is 29.1. The maximum absolute atomic E-state index is 11.3. The number of hydrogen-bond acceptors (Lipinski definition) is 4. The lowest BCUT2D eigenvalue weighted by Gasteiger charge is -2.03. The fraction of sp³-hybridized carbons (Fsp3) is 0.370. The van der Waals surface area contributed by atoms with Gasteiger partial charge < -0.3 is 9.30 Å². The van der Waals surface area contributed by atoms with E-state index in [-0.39, 0.29) is 5.78 Å². The highest BCUT2D eigenvalue weighted by Gasteiger charge is 2.09. The molecule has 0 spiro atoms. The van der Waals surface area contributed by atoms with Crippen LogP contribution >= 0.6 is 11.6 Å². The van der Waals surface area contributed by atoms with Crippen LogP contribution in [0.5, 0.6) is 0 Å². The Labute approximate surface area is 208 Å². The minimum atomic E-state index is 0.0889. The maximum atomic E-state index is 11.3. The Kier molecular flexibility index (Phi) is 12.9. The second kappa shape index (κ2) is 15.0. The first-order chi connectivity index (χ1) is 16.4. The third-order valence-corrected chi connectivity index (χ3v) is 4.99. The number of rotatable bonds is 4. The van der Waals surface area contributed by atoms with E-state index >= 15 is 0 Å². The van der Waals surface area contributed by atoms with Crippen LogP contribution < -0.4 is 0 Å². The molecule has 4 aromatic rings. The molecule has 0 N–H and O–H groups in total. The van der Waals surface area contributed by atoms with Gasteiger partial charge in [0.1, 0.15) is 5.82 Å².